The van der Waals surface area contributed by atoms with Gasteiger partial charge in [-0.15, -0.1) is 0 Å². The van der Waals surface area contributed by atoms with Crippen molar-refractivity contribution in [3.63, 3.8) is 0 Å². The van der Waals surface area contributed by atoms with Crippen molar-refractivity contribution in [1.82, 2.24) is 14.8 Å². The molecule has 0 unspecified atom stereocenters. The Hall–Kier alpha value is -2.36. The molecule has 0 amide bonds. The first kappa shape index (κ1) is 12.7. The van der Waals surface area contributed by atoms with E-state index in [9.17, 15) is 0 Å². The van der Waals surface area contributed by atoms with Crippen LogP contribution in [0.3, 0.4) is 0 Å². The monoisotopic (exact) mass is 266 g/mol. The number of aromatic nitrogens is 3. The van der Waals surface area contributed by atoms with Gasteiger partial charge in [-0.05, 0) is 31.5 Å². The van der Waals surface area contributed by atoms with Crippen LogP contribution >= 0.6 is 0 Å². The van der Waals surface area contributed by atoms with Crippen molar-refractivity contribution in [2.24, 2.45) is 0 Å². The number of benzene rings is 1. The SMILES string of the molecule is Cc1cc(NCCCn2cccn2)c2ccccc2n1. The Morgan fingerprint density at radius 2 is 2.10 bits per heavy atom. The summed E-state index contributed by atoms with van der Waals surface area (Å²) >= 11 is 0. The number of aryl methyl sites for hydroxylation is 2. The van der Waals surface area contributed by atoms with Crippen LogP contribution in [-0.2, 0) is 6.54 Å². The summed E-state index contributed by atoms with van der Waals surface area (Å²) < 4.78 is 1.96. The largest absolute Gasteiger partial charge is 0.384 e. The van der Waals surface area contributed by atoms with Crippen LogP contribution in [-0.4, -0.2) is 21.3 Å². The first-order valence-electron chi connectivity index (χ1n) is 6.90. The van der Waals surface area contributed by atoms with Gasteiger partial charge >= 0.3 is 0 Å². The number of fused-ring (bicyclic) bond motifs is 1. The maximum atomic E-state index is 4.55. The van der Waals surface area contributed by atoms with Crippen molar-refractivity contribution in [2.75, 3.05) is 11.9 Å². The highest BCUT2D eigenvalue weighted by Crippen LogP contribution is 2.22. The van der Waals surface area contributed by atoms with Gasteiger partial charge < -0.3 is 5.32 Å². The first-order valence-corrected chi connectivity index (χ1v) is 6.90. The van der Waals surface area contributed by atoms with Gasteiger partial charge in [0.15, 0.2) is 0 Å². The third-order valence-electron chi connectivity index (χ3n) is 3.28. The molecular formula is C16H18N4. The molecule has 3 rings (SSSR count). The summed E-state index contributed by atoms with van der Waals surface area (Å²) in [6.45, 7) is 3.89. The second-order valence-electron chi connectivity index (χ2n) is 4.88. The van der Waals surface area contributed by atoms with Gasteiger partial charge in [0.2, 0.25) is 0 Å². The van der Waals surface area contributed by atoms with Gasteiger partial charge in [-0.1, -0.05) is 18.2 Å². The van der Waals surface area contributed by atoms with Crippen molar-refractivity contribution in [1.29, 1.82) is 0 Å². The molecule has 1 N–H and O–H groups in total. The number of hydrogen-bond acceptors (Lipinski definition) is 3. The molecule has 2 heterocycles. The number of para-hydroxylation sites is 1. The molecular weight excluding hydrogens is 248 g/mol. The molecule has 1 aromatic carbocycles. The van der Waals surface area contributed by atoms with E-state index in [0.717, 1.165) is 36.4 Å². The summed E-state index contributed by atoms with van der Waals surface area (Å²) in [5.41, 5.74) is 3.24. The molecule has 0 radical (unpaired) electrons. The Bertz CT molecular complexity index is 689. The van der Waals surface area contributed by atoms with Gasteiger partial charge in [-0.25, -0.2) is 0 Å². The fraction of sp³-hybridized carbons (Fsp3) is 0.250. The normalized spacial score (nSPS) is 10.8. The lowest BCUT2D eigenvalue weighted by atomic mass is 10.1. The molecule has 20 heavy (non-hydrogen) atoms. The lowest BCUT2D eigenvalue weighted by molar-refractivity contribution is 0.592. The molecule has 2 aromatic heterocycles. The molecule has 0 atom stereocenters. The topological polar surface area (TPSA) is 42.7 Å². The minimum absolute atomic E-state index is 0.924. The highest BCUT2D eigenvalue weighted by atomic mass is 15.3. The van der Waals surface area contributed by atoms with Crippen molar-refractivity contribution in [3.8, 4) is 0 Å². The van der Waals surface area contributed by atoms with Gasteiger partial charge in [0.1, 0.15) is 0 Å². The maximum Gasteiger partial charge on any atom is 0.0725 e. The van der Waals surface area contributed by atoms with Gasteiger partial charge in [0.05, 0.1) is 5.52 Å². The number of rotatable bonds is 5. The molecule has 0 fully saturated rings. The second-order valence-corrected chi connectivity index (χ2v) is 4.88. The van der Waals surface area contributed by atoms with Gasteiger partial charge in [0, 0.05) is 42.3 Å². The Balaban J connectivity index is 1.68. The number of nitrogens with one attached hydrogen (secondary N) is 1. The molecule has 4 heteroatoms. The van der Waals surface area contributed by atoms with E-state index < -0.39 is 0 Å². The Kier molecular flexibility index (Phi) is 3.63. The van der Waals surface area contributed by atoms with E-state index in [1.165, 1.54) is 5.39 Å². The summed E-state index contributed by atoms with van der Waals surface area (Å²) in [5.74, 6) is 0. The fourth-order valence-corrected chi connectivity index (χ4v) is 2.35. The van der Waals surface area contributed by atoms with Crippen LogP contribution in [0.15, 0.2) is 48.8 Å². The van der Waals surface area contributed by atoms with Crippen LogP contribution in [0.2, 0.25) is 0 Å². The second kappa shape index (κ2) is 5.74. The van der Waals surface area contributed by atoms with Crippen molar-refractivity contribution >= 4 is 16.6 Å². The molecule has 102 valence electrons. The molecule has 0 saturated carbocycles. The molecule has 4 nitrogen and oxygen atoms in total. The van der Waals surface area contributed by atoms with E-state index in [2.05, 4.69) is 33.6 Å². The first-order chi connectivity index (χ1) is 9.83. The molecule has 0 aliphatic rings. The number of hydrogen-bond donors (Lipinski definition) is 1. The molecule has 3 aromatic rings. The van der Waals surface area contributed by atoms with Gasteiger partial charge in [-0.2, -0.15) is 5.10 Å². The summed E-state index contributed by atoms with van der Waals surface area (Å²) in [5, 5.41) is 8.89. The van der Waals surface area contributed by atoms with Crippen molar-refractivity contribution in [3.05, 3.63) is 54.5 Å². The number of nitrogens with zero attached hydrogens (tertiary/aromatic N) is 3. The van der Waals surface area contributed by atoms with Gasteiger partial charge in [0.25, 0.3) is 0 Å². The highest BCUT2D eigenvalue weighted by molar-refractivity contribution is 5.91. The van der Waals surface area contributed by atoms with Gasteiger partial charge in [-0.3, -0.25) is 9.67 Å². The third-order valence-corrected chi connectivity index (χ3v) is 3.28. The van der Waals surface area contributed by atoms with Crippen LogP contribution < -0.4 is 5.32 Å². The lowest BCUT2D eigenvalue weighted by Crippen LogP contribution is -2.07. The number of anilines is 1. The van der Waals surface area contributed by atoms with Crippen LogP contribution in [0.25, 0.3) is 10.9 Å². The van der Waals surface area contributed by atoms with Crippen molar-refractivity contribution < 1.29 is 0 Å². The molecule has 0 saturated heterocycles. The fourth-order valence-electron chi connectivity index (χ4n) is 2.35. The molecule has 0 spiro atoms. The Morgan fingerprint density at radius 3 is 2.95 bits per heavy atom. The van der Waals surface area contributed by atoms with E-state index >= 15 is 0 Å². The van der Waals surface area contributed by atoms with E-state index in [1.807, 2.05) is 42.2 Å². The quantitative estimate of drug-likeness (QED) is 0.721. The smallest absolute Gasteiger partial charge is 0.0725 e. The third kappa shape index (κ3) is 2.79. The predicted molar refractivity (Wildman–Crippen MR) is 81.8 cm³/mol. The molecule has 0 aliphatic carbocycles. The average molecular weight is 266 g/mol. The zero-order chi connectivity index (χ0) is 13.8. The minimum Gasteiger partial charge on any atom is -0.384 e. The van der Waals surface area contributed by atoms with Crippen molar-refractivity contribution in [2.45, 2.75) is 19.9 Å². The van der Waals surface area contributed by atoms with E-state index in [4.69, 9.17) is 0 Å². The summed E-state index contributed by atoms with van der Waals surface area (Å²) in [7, 11) is 0. The highest BCUT2D eigenvalue weighted by Gasteiger charge is 2.02. The Labute approximate surface area is 118 Å². The van der Waals surface area contributed by atoms with E-state index in [1.54, 1.807) is 0 Å². The zero-order valence-corrected chi connectivity index (χ0v) is 11.6. The number of pyridine rings is 1. The van der Waals surface area contributed by atoms with Crippen LogP contribution in [0.1, 0.15) is 12.1 Å². The zero-order valence-electron chi connectivity index (χ0n) is 11.6. The average Bonchev–Trinajstić information content (AvgIpc) is 2.96. The van der Waals surface area contributed by atoms with E-state index in [-0.39, 0.29) is 0 Å². The maximum absolute atomic E-state index is 4.55. The summed E-state index contributed by atoms with van der Waals surface area (Å²) in [4.78, 5) is 4.55. The predicted octanol–water partition coefficient (Wildman–Crippen LogP) is 3.24. The molecule has 0 aliphatic heterocycles. The van der Waals surface area contributed by atoms with Crippen LogP contribution in [0, 0.1) is 6.92 Å². The summed E-state index contributed by atoms with van der Waals surface area (Å²) in [6, 6.07) is 12.3. The van der Waals surface area contributed by atoms with Crippen LogP contribution in [0.4, 0.5) is 5.69 Å². The molecule has 0 bridgehead atoms. The van der Waals surface area contributed by atoms with Crippen LogP contribution in [0.5, 0.6) is 0 Å². The Morgan fingerprint density at radius 1 is 1.20 bits per heavy atom. The van der Waals surface area contributed by atoms with E-state index in [0.29, 0.717) is 0 Å². The standard InChI is InChI=1S/C16H18N4/c1-13-12-16(14-6-2-3-7-15(14)19-13)17-8-4-10-20-11-5-9-18-20/h2-3,5-7,9,11-12H,4,8,10H2,1H3,(H,17,19). The summed E-state index contributed by atoms with van der Waals surface area (Å²) in [6.07, 6.45) is 4.84. The minimum atomic E-state index is 0.924. The lowest BCUT2D eigenvalue weighted by Gasteiger charge is -2.10.